The molecule has 0 spiro atoms. The first-order valence-corrected chi connectivity index (χ1v) is 4.36. The van der Waals surface area contributed by atoms with Crippen LogP contribution in [-0.4, -0.2) is 31.1 Å². The van der Waals surface area contributed by atoms with Crippen molar-refractivity contribution in [1.29, 1.82) is 0 Å². The van der Waals surface area contributed by atoms with Gasteiger partial charge in [0.25, 0.3) is 0 Å². The van der Waals surface area contributed by atoms with Crippen LogP contribution in [0.15, 0.2) is 0 Å². The highest BCUT2D eigenvalue weighted by molar-refractivity contribution is 7.99. The van der Waals surface area contributed by atoms with Gasteiger partial charge in [0, 0.05) is 12.4 Å². The van der Waals surface area contributed by atoms with Gasteiger partial charge in [-0.15, -0.1) is 0 Å². The molecular weight excluding hydrogens is 158 g/mol. The van der Waals surface area contributed by atoms with E-state index in [-0.39, 0.29) is 5.75 Å². The Balaban J connectivity index is 2.77. The molecule has 0 aliphatic rings. The molecule has 0 fully saturated rings. The number of rotatable bonds is 6. The standard InChI is InChI=1S/C6H12F2OS/c1-2-9-3-4-10-5-6(7)8/h6H,2-5H2,1H3. The second kappa shape index (κ2) is 7.28. The van der Waals surface area contributed by atoms with E-state index in [0.29, 0.717) is 19.0 Å². The van der Waals surface area contributed by atoms with Crippen LogP contribution < -0.4 is 0 Å². The van der Waals surface area contributed by atoms with Crippen molar-refractivity contribution in [2.75, 3.05) is 24.7 Å². The smallest absolute Gasteiger partial charge is 0.247 e. The molecule has 10 heavy (non-hydrogen) atoms. The molecule has 0 aromatic heterocycles. The zero-order valence-corrected chi connectivity index (χ0v) is 6.79. The maximum Gasteiger partial charge on any atom is 0.247 e. The van der Waals surface area contributed by atoms with E-state index in [9.17, 15) is 8.78 Å². The van der Waals surface area contributed by atoms with Crippen LogP contribution in [-0.2, 0) is 4.74 Å². The number of hydrogen-bond acceptors (Lipinski definition) is 2. The monoisotopic (exact) mass is 170 g/mol. The molecule has 0 aromatic carbocycles. The lowest BCUT2D eigenvalue weighted by molar-refractivity contribution is 0.163. The van der Waals surface area contributed by atoms with Gasteiger partial charge in [-0.05, 0) is 6.92 Å². The highest BCUT2D eigenvalue weighted by Gasteiger charge is 2.00. The highest BCUT2D eigenvalue weighted by Crippen LogP contribution is 2.05. The average Bonchev–Trinajstić information content (AvgIpc) is 1.87. The summed E-state index contributed by atoms with van der Waals surface area (Å²) in [6, 6.07) is 0. The Labute approximate surface area is 64.1 Å². The summed E-state index contributed by atoms with van der Waals surface area (Å²) in [6.45, 7) is 3.13. The molecule has 0 saturated carbocycles. The average molecular weight is 170 g/mol. The predicted octanol–water partition coefficient (Wildman–Crippen LogP) is 2.02. The summed E-state index contributed by atoms with van der Waals surface area (Å²) in [5.74, 6) is 0.589. The Morgan fingerprint density at radius 1 is 1.50 bits per heavy atom. The lowest BCUT2D eigenvalue weighted by atomic mass is 10.8. The van der Waals surface area contributed by atoms with E-state index in [1.807, 2.05) is 6.92 Å². The number of halogens is 2. The van der Waals surface area contributed by atoms with E-state index in [0.717, 1.165) is 0 Å². The highest BCUT2D eigenvalue weighted by atomic mass is 32.2. The van der Waals surface area contributed by atoms with Crippen LogP contribution in [0.1, 0.15) is 6.92 Å². The van der Waals surface area contributed by atoms with Gasteiger partial charge in [-0.1, -0.05) is 0 Å². The van der Waals surface area contributed by atoms with Crippen LogP contribution >= 0.6 is 11.8 Å². The lowest BCUT2D eigenvalue weighted by Gasteiger charge is -1.99. The Morgan fingerprint density at radius 3 is 2.70 bits per heavy atom. The summed E-state index contributed by atoms with van der Waals surface area (Å²) < 4.78 is 27.9. The third-order valence-electron chi connectivity index (χ3n) is 0.820. The van der Waals surface area contributed by atoms with Crippen molar-refractivity contribution in [2.24, 2.45) is 0 Å². The second-order valence-electron chi connectivity index (χ2n) is 1.66. The van der Waals surface area contributed by atoms with Crippen molar-refractivity contribution >= 4 is 11.8 Å². The first-order chi connectivity index (χ1) is 4.77. The SMILES string of the molecule is CCOCCSCC(F)F. The molecule has 0 aliphatic carbocycles. The molecule has 0 N–H and O–H groups in total. The largest absolute Gasteiger partial charge is 0.381 e. The minimum Gasteiger partial charge on any atom is -0.381 e. The molecule has 62 valence electrons. The fraction of sp³-hybridized carbons (Fsp3) is 1.00. The molecule has 0 bridgehead atoms. The van der Waals surface area contributed by atoms with Crippen LogP contribution in [0.4, 0.5) is 8.78 Å². The number of thioether (sulfide) groups is 1. The molecule has 0 heterocycles. The van der Waals surface area contributed by atoms with E-state index in [1.54, 1.807) is 0 Å². The molecule has 0 unspecified atom stereocenters. The first-order valence-electron chi connectivity index (χ1n) is 3.21. The van der Waals surface area contributed by atoms with E-state index in [4.69, 9.17) is 4.74 Å². The van der Waals surface area contributed by atoms with Gasteiger partial charge in [-0.25, -0.2) is 8.78 Å². The third kappa shape index (κ3) is 8.17. The number of hydrogen-bond donors (Lipinski definition) is 0. The molecule has 0 rings (SSSR count). The summed E-state index contributed by atoms with van der Waals surface area (Å²) in [7, 11) is 0. The molecule has 0 atom stereocenters. The number of alkyl halides is 2. The molecule has 4 heteroatoms. The first kappa shape index (κ1) is 10.2. The van der Waals surface area contributed by atoms with Gasteiger partial charge in [-0.3, -0.25) is 0 Å². The van der Waals surface area contributed by atoms with Crippen molar-refractivity contribution in [3.63, 3.8) is 0 Å². The quantitative estimate of drug-likeness (QED) is 0.564. The van der Waals surface area contributed by atoms with Gasteiger partial charge >= 0.3 is 0 Å². The Bertz CT molecular complexity index is 70.8. The fourth-order valence-electron chi connectivity index (χ4n) is 0.435. The molecule has 0 amide bonds. The summed E-state index contributed by atoms with van der Waals surface area (Å²) in [6.07, 6.45) is -2.19. The van der Waals surface area contributed by atoms with E-state index in [2.05, 4.69) is 0 Å². The summed E-state index contributed by atoms with van der Waals surface area (Å²) in [5.41, 5.74) is 0. The van der Waals surface area contributed by atoms with Crippen LogP contribution in [0.5, 0.6) is 0 Å². The zero-order chi connectivity index (χ0) is 7.82. The summed E-state index contributed by atoms with van der Waals surface area (Å²) in [4.78, 5) is 0. The van der Waals surface area contributed by atoms with Crippen LogP contribution in [0.3, 0.4) is 0 Å². The topological polar surface area (TPSA) is 9.23 Å². The third-order valence-corrected chi connectivity index (χ3v) is 1.76. The Kier molecular flexibility index (Phi) is 7.40. The van der Waals surface area contributed by atoms with Crippen molar-refractivity contribution in [2.45, 2.75) is 13.3 Å². The van der Waals surface area contributed by atoms with E-state index < -0.39 is 6.43 Å². The zero-order valence-electron chi connectivity index (χ0n) is 5.98. The van der Waals surface area contributed by atoms with Crippen LogP contribution in [0.25, 0.3) is 0 Å². The van der Waals surface area contributed by atoms with Gasteiger partial charge < -0.3 is 4.74 Å². The summed E-state index contributed by atoms with van der Waals surface area (Å²) >= 11 is 1.23. The van der Waals surface area contributed by atoms with E-state index >= 15 is 0 Å². The molecule has 1 nitrogen and oxygen atoms in total. The van der Waals surface area contributed by atoms with Gasteiger partial charge in [-0.2, -0.15) is 11.8 Å². The minimum absolute atomic E-state index is 0.0763. The second-order valence-corrected chi connectivity index (χ2v) is 2.81. The maximum atomic E-state index is 11.5. The minimum atomic E-state index is -2.19. The van der Waals surface area contributed by atoms with Crippen molar-refractivity contribution in [3.05, 3.63) is 0 Å². The van der Waals surface area contributed by atoms with Crippen LogP contribution in [0.2, 0.25) is 0 Å². The molecule has 0 radical (unpaired) electrons. The molecule has 0 saturated heterocycles. The lowest BCUT2D eigenvalue weighted by Crippen LogP contribution is -2.00. The van der Waals surface area contributed by atoms with E-state index in [1.165, 1.54) is 11.8 Å². The number of ether oxygens (including phenoxy) is 1. The van der Waals surface area contributed by atoms with Crippen molar-refractivity contribution in [3.8, 4) is 0 Å². The van der Waals surface area contributed by atoms with Gasteiger partial charge in [0.15, 0.2) is 0 Å². The molecule has 0 aromatic rings. The van der Waals surface area contributed by atoms with Crippen molar-refractivity contribution < 1.29 is 13.5 Å². The molecular formula is C6H12F2OS. The summed E-state index contributed by atoms with van der Waals surface area (Å²) in [5, 5.41) is 0. The van der Waals surface area contributed by atoms with Gasteiger partial charge in [0.05, 0.1) is 12.4 Å². The molecule has 0 aliphatic heterocycles. The normalized spacial score (nSPS) is 10.8. The van der Waals surface area contributed by atoms with Crippen LogP contribution in [0, 0.1) is 0 Å². The van der Waals surface area contributed by atoms with Gasteiger partial charge in [0.2, 0.25) is 6.43 Å². The van der Waals surface area contributed by atoms with Gasteiger partial charge in [0.1, 0.15) is 0 Å². The Hall–Kier alpha value is 0.170. The predicted molar refractivity (Wildman–Crippen MR) is 39.8 cm³/mol. The maximum absolute atomic E-state index is 11.5. The Morgan fingerprint density at radius 2 is 2.20 bits per heavy atom. The fourth-order valence-corrected chi connectivity index (χ4v) is 1.02. The van der Waals surface area contributed by atoms with Crippen molar-refractivity contribution in [1.82, 2.24) is 0 Å².